The number of pyridine rings is 1. The van der Waals surface area contributed by atoms with Gasteiger partial charge in [-0.05, 0) is 61.3 Å². The third-order valence-electron chi connectivity index (χ3n) is 9.21. The summed E-state index contributed by atoms with van der Waals surface area (Å²) >= 11 is 0. The SMILES string of the molecule is O=C(/C=C/c1ccc(-c2nc3c([nH]2)c(=O)n(CC2CCCCC2)c(=O)n3CC2CCCCC2)cc1)NCCc1ccccn1. The van der Waals surface area contributed by atoms with Crippen LogP contribution in [0.3, 0.4) is 0 Å². The van der Waals surface area contributed by atoms with E-state index in [1.54, 1.807) is 16.8 Å². The number of hydrogen-bond acceptors (Lipinski definition) is 5. The maximum Gasteiger partial charge on any atom is 0.332 e. The summed E-state index contributed by atoms with van der Waals surface area (Å²) in [5.74, 6) is 1.18. The number of nitrogens with zero attached hydrogens (tertiary/aromatic N) is 4. The van der Waals surface area contributed by atoms with Crippen molar-refractivity contribution in [1.82, 2.24) is 29.4 Å². The molecule has 0 atom stereocenters. The Morgan fingerprint density at radius 3 is 2.23 bits per heavy atom. The van der Waals surface area contributed by atoms with Crippen molar-refractivity contribution in [1.29, 1.82) is 0 Å². The van der Waals surface area contributed by atoms with E-state index in [1.807, 2.05) is 42.5 Å². The fraction of sp³-hybridized carbons (Fsp3) is 0.457. The van der Waals surface area contributed by atoms with Gasteiger partial charge in [0, 0.05) is 49.6 Å². The van der Waals surface area contributed by atoms with Crippen LogP contribution >= 0.6 is 0 Å². The van der Waals surface area contributed by atoms with Crippen molar-refractivity contribution >= 4 is 23.1 Å². The van der Waals surface area contributed by atoms with Crippen LogP contribution in [0, 0.1) is 11.8 Å². The van der Waals surface area contributed by atoms with Gasteiger partial charge in [0.05, 0.1) is 0 Å². The van der Waals surface area contributed by atoms with E-state index in [2.05, 4.69) is 15.3 Å². The van der Waals surface area contributed by atoms with Crippen molar-refractivity contribution in [3.63, 3.8) is 0 Å². The molecular weight excluding hydrogens is 552 g/mol. The molecule has 0 saturated heterocycles. The van der Waals surface area contributed by atoms with Gasteiger partial charge in [0.1, 0.15) is 11.3 Å². The Hall–Kier alpha value is -4.27. The number of fused-ring (bicyclic) bond motifs is 1. The predicted molar refractivity (Wildman–Crippen MR) is 173 cm³/mol. The third-order valence-corrected chi connectivity index (χ3v) is 9.21. The number of carbonyl (C=O) groups is 1. The monoisotopic (exact) mass is 594 g/mol. The van der Waals surface area contributed by atoms with Crippen molar-refractivity contribution in [2.24, 2.45) is 11.8 Å². The van der Waals surface area contributed by atoms with Crippen LogP contribution in [0.25, 0.3) is 28.6 Å². The maximum absolute atomic E-state index is 13.8. The highest BCUT2D eigenvalue weighted by Crippen LogP contribution is 2.27. The largest absolute Gasteiger partial charge is 0.352 e. The normalized spacial score (nSPS) is 16.5. The first-order valence-corrected chi connectivity index (χ1v) is 16.2. The number of imidazole rings is 1. The molecule has 1 aromatic carbocycles. The fourth-order valence-electron chi connectivity index (χ4n) is 6.73. The molecule has 2 fully saturated rings. The lowest BCUT2D eigenvalue weighted by molar-refractivity contribution is -0.116. The number of H-pyrrole nitrogens is 1. The van der Waals surface area contributed by atoms with E-state index in [9.17, 15) is 14.4 Å². The van der Waals surface area contributed by atoms with Gasteiger partial charge >= 0.3 is 5.69 Å². The smallest absolute Gasteiger partial charge is 0.332 e. The Bertz CT molecular complexity index is 1710. The average Bonchev–Trinajstić information content (AvgIpc) is 3.52. The van der Waals surface area contributed by atoms with E-state index in [-0.39, 0.29) is 17.2 Å². The lowest BCUT2D eigenvalue weighted by atomic mass is 9.89. The molecule has 2 saturated carbocycles. The molecule has 0 aliphatic heterocycles. The summed E-state index contributed by atoms with van der Waals surface area (Å²) in [6.07, 6.45) is 17.2. The van der Waals surface area contributed by atoms with Crippen molar-refractivity contribution < 1.29 is 4.79 Å². The molecular formula is C35H42N6O3. The molecule has 2 aliphatic rings. The minimum atomic E-state index is -0.275. The van der Waals surface area contributed by atoms with Gasteiger partial charge < -0.3 is 10.3 Å². The minimum absolute atomic E-state index is 0.164. The first-order valence-electron chi connectivity index (χ1n) is 16.2. The maximum atomic E-state index is 13.8. The summed E-state index contributed by atoms with van der Waals surface area (Å²) in [5.41, 5.74) is 2.97. The molecule has 0 radical (unpaired) electrons. The lowest BCUT2D eigenvalue weighted by Gasteiger charge is -2.24. The number of amides is 1. The topological polar surface area (TPSA) is 115 Å². The number of rotatable bonds is 10. The van der Waals surface area contributed by atoms with E-state index >= 15 is 0 Å². The molecule has 2 aliphatic carbocycles. The highest BCUT2D eigenvalue weighted by molar-refractivity contribution is 5.91. The second kappa shape index (κ2) is 14.0. The zero-order chi connectivity index (χ0) is 30.3. The molecule has 44 heavy (non-hydrogen) atoms. The number of aromatic nitrogens is 5. The fourth-order valence-corrected chi connectivity index (χ4v) is 6.73. The molecule has 6 rings (SSSR count). The van der Waals surface area contributed by atoms with Gasteiger partial charge in [0.25, 0.3) is 5.56 Å². The molecule has 9 nitrogen and oxygen atoms in total. The summed E-state index contributed by atoms with van der Waals surface area (Å²) in [5, 5.41) is 2.89. The number of benzene rings is 1. The van der Waals surface area contributed by atoms with Crippen molar-refractivity contribution in [2.75, 3.05) is 6.54 Å². The zero-order valence-corrected chi connectivity index (χ0v) is 25.3. The molecule has 9 heteroatoms. The average molecular weight is 595 g/mol. The van der Waals surface area contributed by atoms with E-state index < -0.39 is 0 Å². The standard InChI is InChI=1S/C35H42N6O3/c42-30(37-22-20-29-13-7-8-21-36-29)19-16-25-14-17-28(18-15-25)32-38-31-33(39-32)40(23-26-9-3-1-4-10-26)35(44)41(34(31)43)24-27-11-5-2-6-12-27/h7-8,13-19,21,26-27H,1-6,9-12,20,22-24H2,(H,37,42)(H,38,39)/b19-16+. The van der Waals surface area contributed by atoms with Crippen LogP contribution in [-0.2, 0) is 24.3 Å². The van der Waals surface area contributed by atoms with E-state index in [0.717, 1.165) is 55.3 Å². The van der Waals surface area contributed by atoms with E-state index in [0.29, 0.717) is 54.9 Å². The molecule has 230 valence electrons. The molecule has 1 amide bonds. The van der Waals surface area contributed by atoms with Crippen LogP contribution in [0.1, 0.15) is 75.5 Å². The van der Waals surface area contributed by atoms with E-state index in [1.165, 1.54) is 36.3 Å². The summed E-state index contributed by atoms with van der Waals surface area (Å²) in [6.45, 7) is 1.59. The van der Waals surface area contributed by atoms with Gasteiger partial charge in [-0.3, -0.25) is 23.7 Å². The van der Waals surface area contributed by atoms with Crippen LogP contribution in [0.4, 0.5) is 0 Å². The summed E-state index contributed by atoms with van der Waals surface area (Å²) in [7, 11) is 0. The zero-order valence-electron chi connectivity index (χ0n) is 25.3. The van der Waals surface area contributed by atoms with Gasteiger partial charge in [-0.2, -0.15) is 0 Å². The van der Waals surface area contributed by atoms with Gasteiger partial charge in [-0.15, -0.1) is 0 Å². The molecule has 3 aromatic heterocycles. The van der Waals surface area contributed by atoms with Crippen LogP contribution in [-0.4, -0.2) is 36.5 Å². The van der Waals surface area contributed by atoms with Gasteiger partial charge in [-0.25, -0.2) is 9.78 Å². The third kappa shape index (κ3) is 7.09. The van der Waals surface area contributed by atoms with Gasteiger partial charge in [-0.1, -0.05) is 68.9 Å². The Balaban J connectivity index is 1.21. The summed E-state index contributed by atoms with van der Waals surface area (Å²) in [6, 6.07) is 13.4. The molecule has 0 spiro atoms. The van der Waals surface area contributed by atoms with Gasteiger partial charge in [0.15, 0.2) is 5.65 Å². The number of nitrogens with one attached hydrogen (secondary N) is 2. The van der Waals surface area contributed by atoms with Crippen molar-refractivity contribution in [2.45, 2.75) is 83.7 Å². The van der Waals surface area contributed by atoms with Crippen LogP contribution < -0.4 is 16.6 Å². The second-order valence-electron chi connectivity index (χ2n) is 12.4. The van der Waals surface area contributed by atoms with Crippen LogP contribution in [0.15, 0.2) is 64.3 Å². The Morgan fingerprint density at radius 1 is 0.886 bits per heavy atom. The Labute approximate surface area is 257 Å². The second-order valence-corrected chi connectivity index (χ2v) is 12.4. The predicted octanol–water partition coefficient (Wildman–Crippen LogP) is 5.48. The molecule has 4 aromatic rings. The first-order chi connectivity index (χ1) is 21.5. The van der Waals surface area contributed by atoms with Crippen LogP contribution in [0.2, 0.25) is 0 Å². The first kappa shape index (κ1) is 29.8. The molecule has 2 N–H and O–H groups in total. The quantitative estimate of drug-likeness (QED) is 0.236. The lowest BCUT2D eigenvalue weighted by Crippen LogP contribution is -2.42. The highest BCUT2D eigenvalue weighted by Gasteiger charge is 2.24. The number of aromatic amines is 1. The van der Waals surface area contributed by atoms with Crippen LogP contribution in [0.5, 0.6) is 0 Å². The molecule has 0 unspecified atom stereocenters. The Morgan fingerprint density at radius 2 is 1.57 bits per heavy atom. The van der Waals surface area contributed by atoms with Gasteiger partial charge in [0.2, 0.25) is 5.91 Å². The number of carbonyl (C=O) groups excluding carboxylic acids is 1. The van der Waals surface area contributed by atoms with Crippen molar-refractivity contribution in [3.05, 3.63) is 86.8 Å². The molecule has 0 bridgehead atoms. The van der Waals surface area contributed by atoms with E-state index in [4.69, 9.17) is 4.98 Å². The summed E-state index contributed by atoms with van der Waals surface area (Å²) < 4.78 is 3.23. The van der Waals surface area contributed by atoms with Crippen molar-refractivity contribution in [3.8, 4) is 11.4 Å². The highest BCUT2D eigenvalue weighted by atomic mass is 16.2. The minimum Gasteiger partial charge on any atom is -0.352 e. The summed E-state index contributed by atoms with van der Waals surface area (Å²) in [4.78, 5) is 52.2. The number of hydrogen-bond donors (Lipinski definition) is 2. The molecule has 3 heterocycles. The Kier molecular flexibility index (Phi) is 9.48.